The maximum atomic E-state index is 4.67. The first-order valence-corrected chi connectivity index (χ1v) is 7.86. The van der Waals surface area contributed by atoms with Crippen LogP contribution in [0.5, 0.6) is 0 Å². The van der Waals surface area contributed by atoms with Gasteiger partial charge in [-0.05, 0) is 18.2 Å². The number of benzene rings is 1. The van der Waals surface area contributed by atoms with Crippen molar-refractivity contribution in [1.82, 2.24) is 29.6 Å². The van der Waals surface area contributed by atoms with Crippen molar-refractivity contribution in [1.29, 1.82) is 0 Å². The predicted octanol–water partition coefficient (Wildman–Crippen LogP) is 3.16. The van der Waals surface area contributed by atoms with Crippen molar-refractivity contribution >= 4 is 16.3 Å². The average molecular weight is 310 g/mol. The molecule has 0 amide bonds. The van der Waals surface area contributed by atoms with Crippen LogP contribution < -0.4 is 0 Å². The highest BCUT2D eigenvalue weighted by Gasteiger charge is 2.15. The number of rotatable bonds is 3. The number of fused-ring (bicyclic) bond motifs is 1. The van der Waals surface area contributed by atoms with Crippen LogP contribution in [0.2, 0.25) is 0 Å². The zero-order chi connectivity index (χ0) is 15.1. The summed E-state index contributed by atoms with van der Waals surface area (Å²) in [6, 6.07) is 10.1. The third-order valence-corrected chi connectivity index (χ3v) is 4.34. The normalized spacial score (nSPS) is 11.6. The van der Waals surface area contributed by atoms with Gasteiger partial charge in [-0.3, -0.25) is 0 Å². The summed E-state index contributed by atoms with van der Waals surface area (Å²) in [5.41, 5.74) is 2.07. The Hall–Kier alpha value is -2.54. The standard InChI is InChI=1S/C15H14N6S/c1-10(2)13-17-18-15-21(13)19-14(22-15)11-5-3-6-12(9-11)20-8-4-7-16-20/h3-10H,1-2H3. The van der Waals surface area contributed by atoms with Gasteiger partial charge in [0.25, 0.3) is 0 Å². The highest BCUT2D eigenvalue weighted by molar-refractivity contribution is 7.19. The van der Waals surface area contributed by atoms with Crippen LogP contribution in [-0.4, -0.2) is 29.6 Å². The van der Waals surface area contributed by atoms with Gasteiger partial charge in [0.2, 0.25) is 4.96 Å². The number of hydrogen-bond donors (Lipinski definition) is 0. The molecule has 0 atom stereocenters. The van der Waals surface area contributed by atoms with Crippen molar-refractivity contribution in [3.05, 3.63) is 48.5 Å². The topological polar surface area (TPSA) is 60.9 Å². The zero-order valence-corrected chi connectivity index (χ0v) is 13.0. The number of nitrogens with zero attached hydrogens (tertiary/aromatic N) is 6. The summed E-state index contributed by atoms with van der Waals surface area (Å²) >= 11 is 1.54. The molecule has 0 aliphatic carbocycles. The molecule has 3 aromatic heterocycles. The van der Waals surface area contributed by atoms with Crippen LogP contribution in [0.1, 0.15) is 25.6 Å². The molecule has 0 spiro atoms. The molecular weight excluding hydrogens is 296 g/mol. The molecular formula is C15H14N6S. The Bertz CT molecular complexity index is 919. The Morgan fingerprint density at radius 2 is 2.05 bits per heavy atom. The van der Waals surface area contributed by atoms with Crippen LogP contribution >= 0.6 is 11.3 Å². The van der Waals surface area contributed by atoms with Crippen LogP contribution in [0.15, 0.2) is 42.7 Å². The number of hydrogen-bond acceptors (Lipinski definition) is 5. The second-order valence-corrected chi connectivity index (χ2v) is 6.27. The predicted molar refractivity (Wildman–Crippen MR) is 85.3 cm³/mol. The molecule has 0 saturated carbocycles. The van der Waals surface area contributed by atoms with Crippen molar-refractivity contribution in [2.45, 2.75) is 19.8 Å². The lowest BCUT2D eigenvalue weighted by atomic mass is 10.2. The molecule has 1 aromatic carbocycles. The van der Waals surface area contributed by atoms with Crippen LogP contribution in [0, 0.1) is 0 Å². The summed E-state index contributed by atoms with van der Waals surface area (Å²) in [4.78, 5) is 0.822. The Kier molecular flexibility index (Phi) is 3.00. The van der Waals surface area contributed by atoms with Gasteiger partial charge in [0.1, 0.15) is 5.01 Å². The van der Waals surface area contributed by atoms with Crippen LogP contribution in [0.25, 0.3) is 21.2 Å². The monoisotopic (exact) mass is 310 g/mol. The van der Waals surface area contributed by atoms with E-state index < -0.39 is 0 Å². The summed E-state index contributed by atoms with van der Waals surface area (Å²) in [5, 5.41) is 18.3. The first kappa shape index (κ1) is 13.1. The highest BCUT2D eigenvalue weighted by atomic mass is 32.1. The van der Waals surface area contributed by atoms with E-state index in [9.17, 15) is 0 Å². The molecule has 0 aliphatic rings. The van der Waals surface area contributed by atoms with E-state index in [1.165, 1.54) is 0 Å². The molecule has 6 nitrogen and oxygen atoms in total. The van der Waals surface area contributed by atoms with E-state index in [-0.39, 0.29) is 0 Å². The van der Waals surface area contributed by atoms with E-state index in [0.29, 0.717) is 5.92 Å². The van der Waals surface area contributed by atoms with Crippen molar-refractivity contribution in [2.75, 3.05) is 0 Å². The Labute approximate surface area is 131 Å². The summed E-state index contributed by atoms with van der Waals surface area (Å²) in [6.45, 7) is 4.18. The SMILES string of the molecule is CC(C)c1nnc2sc(-c3cccc(-n4cccn4)c3)nn12. The fraction of sp³-hybridized carbons (Fsp3) is 0.200. The minimum atomic E-state index is 0.292. The number of aromatic nitrogens is 6. The molecule has 4 rings (SSSR count). The molecule has 3 heterocycles. The third kappa shape index (κ3) is 2.10. The molecule has 22 heavy (non-hydrogen) atoms. The highest BCUT2D eigenvalue weighted by Crippen LogP contribution is 2.28. The first-order valence-electron chi connectivity index (χ1n) is 7.05. The lowest BCUT2D eigenvalue weighted by Crippen LogP contribution is -1.98. The van der Waals surface area contributed by atoms with E-state index in [1.54, 1.807) is 17.5 Å². The lowest BCUT2D eigenvalue weighted by molar-refractivity contribution is 0.727. The van der Waals surface area contributed by atoms with Gasteiger partial charge in [-0.25, -0.2) is 4.68 Å². The van der Waals surface area contributed by atoms with Crippen LogP contribution in [0.4, 0.5) is 0 Å². The maximum absolute atomic E-state index is 4.67. The van der Waals surface area contributed by atoms with Gasteiger partial charge in [0.15, 0.2) is 5.82 Å². The molecule has 0 saturated heterocycles. The summed E-state index contributed by atoms with van der Waals surface area (Å²) in [5.74, 6) is 1.18. The zero-order valence-electron chi connectivity index (χ0n) is 12.2. The maximum Gasteiger partial charge on any atom is 0.234 e. The van der Waals surface area contributed by atoms with Gasteiger partial charge in [0.05, 0.1) is 5.69 Å². The van der Waals surface area contributed by atoms with Gasteiger partial charge < -0.3 is 0 Å². The minimum Gasteiger partial charge on any atom is -0.241 e. The van der Waals surface area contributed by atoms with Gasteiger partial charge >= 0.3 is 0 Å². The van der Waals surface area contributed by atoms with Crippen molar-refractivity contribution in [3.63, 3.8) is 0 Å². The minimum absolute atomic E-state index is 0.292. The summed E-state index contributed by atoms with van der Waals surface area (Å²) < 4.78 is 3.68. The largest absolute Gasteiger partial charge is 0.241 e. The second kappa shape index (κ2) is 5.03. The molecule has 110 valence electrons. The van der Waals surface area contributed by atoms with Gasteiger partial charge in [0, 0.05) is 23.9 Å². The molecule has 0 N–H and O–H groups in total. The first-order chi connectivity index (χ1) is 10.7. The second-order valence-electron chi connectivity index (χ2n) is 5.32. The average Bonchev–Trinajstić information content (AvgIpc) is 3.23. The van der Waals surface area contributed by atoms with Crippen LogP contribution in [-0.2, 0) is 0 Å². The van der Waals surface area contributed by atoms with Gasteiger partial charge in [-0.2, -0.15) is 14.7 Å². The Morgan fingerprint density at radius 3 is 2.82 bits per heavy atom. The Morgan fingerprint density at radius 1 is 1.14 bits per heavy atom. The van der Waals surface area contributed by atoms with E-state index in [4.69, 9.17) is 0 Å². The van der Waals surface area contributed by atoms with E-state index in [1.807, 2.05) is 39.7 Å². The lowest BCUT2D eigenvalue weighted by Gasteiger charge is -2.03. The van der Waals surface area contributed by atoms with E-state index in [0.717, 1.165) is 27.0 Å². The quantitative estimate of drug-likeness (QED) is 0.583. The fourth-order valence-corrected chi connectivity index (χ4v) is 3.15. The molecule has 0 bridgehead atoms. The smallest absolute Gasteiger partial charge is 0.234 e. The molecule has 0 fully saturated rings. The fourth-order valence-electron chi connectivity index (χ4n) is 2.31. The van der Waals surface area contributed by atoms with Crippen molar-refractivity contribution in [2.24, 2.45) is 0 Å². The van der Waals surface area contributed by atoms with Crippen molar-refractivity contribution in [3.8, 4) is 16.3 Å². The summed E-state index contributed by atoms with van der Waals surface area (Å²) in [7, 11) is 0. The van der Waals surface area contributed by atoms with E-state index in [2.05, 4.69) is 40.3 Å². The molecule has 0 aliphatic heterocycles. The molecule has 4 aromatic rings. The van der Waals surface area contributed by atoms with Gasteiger partial charge in [-0.15, -0.1) is 10.2 Å². The van der Waals surface area contributed by atoms with Crippen molar-refractivity contribution < 1.29 is 0 Å². The molecule has 0 radical (unpaired) electrons. The van der Waals surface area contributed by atoms with Gasteiger partial charge in [-0.1, -0.05) is 37.3 Å². The molecule has 7 heteroatoms. The third-order valence-electron chi connectivity index (χ3n) is 3.39. The summed E-state index contributed by atoms with van der Waals surface area (Å²) in [6.07, 6.45) is 3.69. The van der Waals surface area contributed by atoms with Crippen LogP contribution in [0.3, 0.4) is 0 Å². The molecule has 0 unspecified atom stereocenters. The van der Waals surface area contributed by atoms with E-state index >= 15 is 0 Å². The Balaban J connectivity index is 1.80.